The van der Waals surface area contributed by atoms with E-state index in [0.29, 0.717) is 5.57 Å². The Kier molecular flexibility index (Phi) is 1.89. The van der Waals surface area contributed by atoms with E-state index < -0.39 is 5.91 Å². The molecule has 13 heavy (non-hydrogen) atoms. The molecule has 1 radical (unpaired) electrons. The van der Waals surface area contributed by atoms with E-state index in [1.54, 1.807) is 0 Å². The molecule has 0 bridgehead atoms. The van der Waals surface area contributed by atoms with Gasteiger partial charge in [0.25, 0.3) is 5.91 Å². The van der Waals surface area contributed by atoms with E-state index in [2.05, 4.69) is 0 Å². The third-order valence-corrected chi connectivity index (χ3v) is 2.31. The second-order valence-corrected chi connectivity index (χ2v) is 3.14. The third-order valence-electron chi connectivity index (χ3n) is 2.31. The van der Waals surface area contributed by atoms with Gasteiger partial charge >= 0.3 is 0 Å². The summed E-state index contributed by atoms with van der Waals surface area (Å²) in [6, 6.07) is 7.80. The van der Waals surface area contributed by atoms with Gasteiger partial charge in [0.1, 0.15) is 0 Å². The van der Waals surface area contributed by atoms with E-state index in [-0.39, 0.29) is 0 Å². The Morgan fingerprint density at radius 1 is 1.31 bits per heavy atom. The minimum Gasteiger partial charge on any atom is -0.267 e. The van der Waals surface area contributed by atoms with Crippen LogP contribution in [0.5, 0.6) is 0 Å². The lowest BCUT2D eigenvalue weighted by molar-refractivity contribution is -0.113. The van der Waals surface area contributed by atoms with Crippen LogP contribution in [0.1, 0.15) is 17.5 Å². The number of amides is 1. The number of hydrogen-bond donors (Lipinski definition) is 0. The molecule has 0 heterocycles. The summed E-state index contributed by atoms with van der Waals surface area (Å²) in [6.45, 7) is 0. The Balaban J connectivity index is 2.53. The third kappa shape index (κ3) is 1.35. The molecular weight excluding hydrogens is 162 g/mol. The van der Waals surface area contributed by atoms with Crippen LogP contribution in [-0.2, 0) is 11.2 Å². The highest BCUT2D eigenvalue weighted by Crippen LogP contribution is 2.25. The zero-order valence-electron chi connectivity index (χ0n) is 7.21. The maximum atomic E-state index is 11.0. The smallest absolute Gasteiger partial charge is 0.267 e. The lowest BCUT2D eigenvalue weighted by atomic mass is 9.91. The molecule has 2 nitrogen and oxygen atoms in total. The largest absolute Gasteiger partial charge is 0.269 e. The molecule has 1 N–H and O–H groups in total. The summed E-state index contributed by atoms with van der Waals surface area (Å²) < 4.78 is 0. The molecule has 0 atom stereocenters. The lowest BCUT2D eigenvalue weighted by Gasteiger charge is -2.14. The van der Waals surface area contributed by atoms with Crippen molar-refractivity contribution in [2.75, 3.05) is 0 Å². The van der Waals surface area contributed by atoms with Gasteiger partial charge in [0.15, 0.2) is 0 Å². The summed E-state index contributed by atoms with van der Waals surface area (Å²) in [4.78, 5) is 11.0. The van der Waals surface area contributed by atoms with Gasteiger partial charge in [-0.1, -0.05) is 30.3 Å². The number of carbonyl (C=O) groups is 1. The molecule has 2 rings (SSSR count). The summed E-state index contributed by atoms with van der Waals surface area (Å²) in [7, 11) is 0. The first-order chi connectivity index (χ1) is 6.29. The van der Waals surface area contributed by atoms with Gasteiger partial charge in [0.2, 0.25) is 0 Å². The fraction of sp³-hybridized carbons (Fsp3) is 0.182. The molecular formula is C11H10NO. The number of rotatable bonds is 1. The van der Waals surface area contributed by atoms with Gasteiger partial charge in [-0.25, -0.2) is 0 Å². The number of hydrogen-bond acceptors (Lipinski definition) is 1. The molecule has 65 valence electrons. The van der Waals surface area contributed by atoms with Gasteiger partial charge < -0.3 is 0 Å². The van der Waals surface area contributed by atoms with Crippen molar-refractivity contribution in [1.82, 2.24) is 5.73 Å². The highest BCUT2D eigenvalue weighted by atomic mass is 16.1. The van der Waals surface area contributed by atoms with Crippen LogP contribution in [0.4, 0.5) is 0 Å². The Bertz CT molecular complexity index is 379. The topological polar surface area (TPSA) is 40.9 Å². The second-order valence-electron chi connectivity index (χ2n) is 3.14. The van der Waals surface area contributed by atoms with Gasteiger partial charge in [-0.15, -0.1) is 0 Å². The molecule has 0 fully saturated rings. The monoisotopic (exact) mass is 172 g/mol. The average Bonchev–Trinajstić information content (AvgIpc) is 2.17. The van der Waals surface area contributed by atoms with E-state index in [4.69, 9.17) is 5.73 Å². The molecule has 1 aliphatic rings. The fourth-order valence-electron chi connectivity index (χ4n) is 1.70. The lowest BCUT2D eigenvalue weighted by Crippen LogP contribution is -2.08. The van der Waals surface area contributed by atoms with Crippen molar-refractivity contribution >= 4 is 11.5 Å². The Labute approximate surface area is 77.1 Å². The predicted octanol–water partition coefficient (Wildman–Crippen LogP) is 1.83. The molecule has 0 spiro atoms. The number of allylic oxidation sites excluding steroid dienone is 1. The summed E-state index contributed by atoms with van der Waals surface area (Å²) in [5.41, 5.74) is 9.77. The Morgan fingerprint density at radius 3 is 2.85 bits per heavy atom. The first kappa shape index (κ1) is 8.05. The van der Waals surface area contributed by atoms with Crippen molar-refractivity contribution in [3.63, 3.8) is 0 Å². The summed E-state index contributed by atoms with van der Waals surface area (Å²) in [5.74, 6) is -0.577. The van der Waals surface area contributed by atoms with Gasteiger partial charge in [-0.05, 0) is 24.0 Å². The van der Waals surface area contributed by atoms with Crippen molar-refractivity contribution in [3.8, 4) is 0 Å². The minimum atomic E-state index is -0.577. The van der Waals surface area contributed by atoms with Crippen LogP contribution in [-0.4, -0.2) is 5.91 Å². The van der Waals surface area contributed by atoms with Crippen LogP contribution in [0.25, 0.3) is 5.57 Å². The number of carbonyl (C=O) groups excluding carboxylic acids is 1. The molecule has 0 unspecified atom stereocenters. The SMILES string of the molecule is [NH]C(=O)C1=CCCc2ccccc21. The molecule has 0 saturated heterocycles. The van der Waals surface area contributed by atoms with Crippen molar-refractivity contribution in [3.05, 3.63) is 41.5 Å². The van der Waals surface area contributed by atoms with Gasteiger partial charge in [-0.3, -0.25) is 10.5 Å². The van der Waals surface area contributed by atoms with Crippen molar-refractivity contribution in [1.29, 1.82) is 0 Å². The quantitative estimate of drug-likeness (QED) is 0.637. The molecule has 1 aromatic rings. The van der Waals surface area contributed by atoms with Crippen LogP contribution in [0.2, 0.25) is 0 Å². The zero-order valence-corrected chi connectivity index (χ0v) is 7.21. The van der Waals surface area contributed by atoms with Crippen molar-refractivity contribution in [2.24, 2.45) is 0 Å². The Hall–Kier alpha value is -1.57. The van der Waals surface area contributed by atoms with Gasteiger partial charge in [0, 0.05) is 5.57 Å². The molecule has 2 heteroatoms. The van der Waals surface area contributed by atoms with E-state index in [0.717, 1.165) is 18.4 Å². The first-order valence-corrected chi connectivity index (χ1v) is 4.33. The molecule has 0 aromatic heterocycles. The van der Waals surface area contributed by atoms with Crippen molar-refractivity contribution in [2.45, 2.75) is 12.8 Å². The summed E-state index contributed by atoms with van der Waals surface area (Å²) >= 11 is 0. The highest BCUT2D eigenvalue weighted by Gasteiger charge is 2.15. The van der Waals surface area contributed by atoms with Crippen molar-refractivity contribution < 1.29 is 4.79 Å². The summed E-state index contributed by atoms with van der Waals surface area (Å²) in [5, 5.41) is 0. The normalized spacial score (nSPS) is 14.6. The molecule has 1 aliphatic carbocycles. The standard InChI is InChI=1S/C11H10NO/c12-11(13)10-7-3-5-8-4-1-2-6-9(8)10/h1-2,4,6-7,12H,3,5H2. The van der Waals surface area contributed by atoms with E-state index in [1.807, 2.05) is 30.3 Å². The zero-order chi connectivity index (χ0) is 9.26. The maximum absolute atomic E-state index is 11.0. The van der Waals surface area contributed by atoms with Gasteiger partial charge in [-0.2, -0.15) is 0 Å². The first-order valence-electron chi connectivity index (χ1n) is 4.33. The number of aryl methyl sites for hydroxylation is 1. The number of benzene rings is 1. The molecule has 0 aliphatic heterocycles. The maximum Gasteiger partial charge on any atom is 0.269 e. The van der Waals surface area contributed by atoms with Gasteiger partial charge in [0.05, 0.1) is 0 Å². The van der Waals surface area contributed by atoms with Crippen LogP contribution in [0.15, 0.2) is 30.3 Å². The second kappa shape index (κ2) is 3.05. The average molecular weight is 172 g/mol. The molecule has 1 aromatic carbocycles. The summed E-state index contributed by atoms with van der Waals surface area (Å²) in [6.07, 6.45) is 3.71. The highest BCUT2D eigenvalue weighted by molar-refractivity contribution is 6.19. The minimum absolute atomic E-state index is 0.557. The van der Waals surface area contributed by atoms with E-state index in [1.165, 1.54) is 5.56 Å². The Morgan fingerprint density at radius 2 is 2.08 bits per heavy atom. The number of fused-ring (bicyclic) bond motifs is 1. The number of nitrogens with one attached hydrogen (secondary N) is 1. The predicted molar refractivity (Wildman–Crippen MR) is 50.8 cm³/mol. The van der Waals surface area contributed by atoms with Crippen LogP contribution >= 0.6 is 0 Å². The van der Waals surface area contributed by atoms with Crippen LogP contribution in [0.3, 0.4) is 0 Å². The van der Waals surface area contributed by atoms with Crippen LogP contribution < -0.4 is 5.73 Å². The van der Waals surface area contributed by atoms with E-state index in [9.17, 15) is 4.79 Å². The van der Waals surface area contributed by atoms with E-state index >= 15 is 0 Å². The fourth-order valence-corrected chi connectivity index (χ4v) is 1.70. The molecule has 0 saturated carbocycles. The van der Waals surface area contributed by atoms with Crippen LogP contribution in [0, 0.1) is 0 Å². The molecule has 1 amide bonds.